The highest BCUT2D eigenvalue weighted by atomic mass is 16.2. The molecular formula is C16H14N4O. The molecule has 21 heavy (non-hydrogen) atoms. The number of rotatable bonds is 3. The molecule has 0 aliphatic rings. The molecule has 1 amide bonds. The van der Waals surface area contributed by atoms with Crippen LogP contribution in [0.3, 0.4) is 0 Å². The van der Waals surface area contributed by atoms with Gasteiger partial charge in [0.05, 0.1) is 5.69 Å². The van der Waals surface area contributed by atoms with Crippen LogP contribution < -0.4 is 11.3 Å². The van der Waals surface area contributed by atoms with Gasteiger partial charge in [-0.2, -0.15) is 5.10 Å². The van der Waals surface area contributed by atoms with Crippen molar-refractivity contribution in [3.63, 3.8) is 0 Å². The van der Waals surface area contributed by atoms with E-state index in [-0.39, 0.29) is 0 Å². The SMILES string of the molecule is NNC(=O)c1cc(-c2ccc(-c3ccccc3)cc2)n[nH]1. The molecule has 0 unspecified atom stereocenters. The zero-order chi connectivity index (χ0) is 14.7. The molecule has 0 spiro atoms. The molecule has 4 N–H and O–H groups in total. The number of H-pyrrole nitrogens is 1. The zero-order valence-corrected chi connectivity index (χ0v) is 11.2. The van der Waals surface area contributed by atoms with E-state index in [2.05, 4.69) is 27.8 Å². The quantitative estimate of drug-likeness (QED) is 0.390. The highest BCUT2D eigenvalue weighted by Gasteiger charge is 2.09. The lowest BCUT2D eigenvalue weighted by atomic mass is 10.0. The van der Waals surface area contributed by atoms with E-state index in [4.69, 9.17) is 5.84 Å². The molecule has 5 nitrogen and oxygen atoms in total. The predicted molar refractivity (Wildman–Crippen MR) is 81.1 cm³/mol. The van der Waals surface area contributed by atoms with E-state index in [0.717, 1.165) is 16.7 Å². The van der Waals surface area contributed by atoms with Crippen molar-refractivity contribution in [3.05, 3.63) is 66.4 Å². The number of hydrazine groups is 1. The van der Waals surface area contributed by atoms with Crippen molar-refractivity contribution in [2.45, 2.75) is 0 Å². The molecule has 0 fully saturated rings. The van der Waals surface area contributed by atoms with Crippen molar-refractivity contribution >= 4 is 5.91 Å². The number of nitrogens with two attached hydrogens (primary N) is 1. The van der Waals surface area contributed by atoms with Crippen molar-refractivity contribution in [1.29, 1.82) is 0 Å². The number of benzene rings is 2. The van der Waals surface area contributed by atoms with Crippen LogP contribution in [0.5, 0.6) is 0 Å². The largest absolute Gasteiger partial charge is 0.289 e. The maximum absolute atomic E-state index is 11.4. The molecular weight excluding hydrogens is 264 g/mol. The number of carbonyl (C=O) groups is 1. The van der Waals surface area contributed by atoms with Crippen LogP contribution in [0.1, 0.15) is 10.5 Å². The highest BCUT2D eigenvalue weighted by Crippen LogP contribution is 2.23. The van der Waals surface area contributed by atoms with Crippen LogP contribution in [0.4, 0.5) is 0 Å². The summed E-state index contributed by atoms with van der Waals surface area (Å²) in [6.07, 6.45) is 0. The average molecular weight is 278 g/mol. The summed E-state index contributed by atoms with van der Waals surface area (Å²) in [4.78, 5) is 11.4. The van der Waals surface area contributed by atoms with Gasteiger partial charge < -0.3 is 0 Å². The minimum Gasteiger partial charge on any atom is -0.289 e. The monoisotopic (exact) mass is 278 g/mol. The van der Waals surface area contributed by atoms with Gasteiger partial charge in [-0.15, -0.1) is 0 Å². The fraction of sp³-hybridized carbons (Fsp3) is 0. The summed E-state index contributed by atoms with van der Waals surface area (Å²) in [5.41, 5.74) is 6.33. The van der Waals surface area contributed by atoms with Gasteiger partial charge in [0.15, 0.2) is 0 Å². The van der Waals surface area contributed by atoms with Crippen molar-refractivity contribution in [3.8, 4) is 22.4 Å². The topological polar surface area (TPSA) is 83.8 Å². The number of carbonyl (C=O) groups excluding carboxylic acids is 1. The Hall–Kier alpha value is -2.92. The van der Waals surface area contributed by atoms with Gasteiger partial charge >= 0.3 is 0 Å². The Morgan fingerprint density at radius 2 is 1.57 bits per heavy atom. The number of nitrogens with zero attached hydrogens (tertiary/aromatic N) is 1. The first-order chi connectivity index (χ1) is 10.3. The smallest absolute Gasteiger partial charge is 0.283 e. The minimum atomic E-state index is -0.394. The number of nitrogen functional groups attached to an aromatic ring is 1. The lowest BCUT2D eigenvalue weighted by Crippen LogP contribution is -2.30. The molecule has 0 saturated heterocycles. The lowest BCUT2D eigenvalue weighted by molar-refractivity contribution is 0.0948. The van der Waals surface area contributed by atoms with E-state index < -0.39 is 5.91 Å². The Bertz CT molecular complexity index is 747. The number of nitrogens with one attached hydrogen (secondary N) is 2. The molecule has 104 valence electrons. The summed E-state index contributed by atoms with van der Waals surface area (Å²) in [6, 6.07) is 19.8. The Morgan fingerprint density at radius 3 is 2.24 bits per heavy atom. The third-order valence-corrected chi connectivity index (χ3v) is 3.24. The van der Waals surface area contributed by atoms with E-state index in [9.17, 15) is 4.79 Å². The third-order valence-electron chi connectivity index (χ3n) is 3.24. The van der Waals surface area contributed by atoms with Crippen LogP contribution in [-0.2, 0) is 0 Å². The van der Waals surface area contributed by atoms with E-state index in [1.807, 2.05) is 42.5 Å². The molecule has 0 aliphatic carbocycles. The molecule has 0 saturated carbocycles. The van der Waals surface area contributed by atoms with Gasteiger partial charge in [0.25, 0.3) is 5.91 Å². The number of hydrogen-bond acceptors (Lipinski definition) is 3. The summed E-state index contributed by atoms with van der Waals surface area (Å²) < 4.78 is 0. The maximum Gasteiger partial charge on any atom is 0.283 e. The standard InChI is InChI=1S/C16H14N4O/c17-18-16(21)15-10-14(19-20-15)13-8-6-12(7-9-13)11-4-2-1-3-5-11/h1-10H,17H2,(H,18,21)(H,19,20). The Morgan fingerprint density at radius 1 is 0.952 bits per heavy atom. The van der Waals surface area contributed by atoms with Crippen LogP contribution in [0, 0.1) is 0 Å². The fourth-order valence-electron chi connectivity index (χ4n) is 2.13. The van der Waals surface area contributed by atoms with Gasteiger partial charge in [-0.1, -0.05) is 54.6 Å². The average Bonchev–Trinajstić information content (AvgIpc) is 3.05. The molecule has 0 atom stereocenters. The van der Waals surface area contributed by atoms with Crippen LogP contribution in [0.2, 0.25) is 0 Å². The van der Waals surface area contributed by atoms with Gasteiger partial charge in [0.2, 0.25) is 0 Å². The summed E-state index contributed by atoms with van der Waals surface area (Å²) >= 11 is 0. The van der Waals surface area contributed by atoms with Gasteiger partial charge in [-0.3, -0.25) is 15.3 Å². The molecule has 5 heteroatoms. The molecule has 3 rings (SSSR count). The van der Waals surface area contributed by atoms with Gasteiger partial charge in [-0.25, -0.2) is 5.84 Å². The summed E-state index contributed by atoms with van der Waals surface area (Å²) in [5.74, 6) is 4.70. The highest BCUT2D eigenvalue weighted by molar-refractivity contribution is 5.92. The molecule has 0 radical (unpaired) electrons. The molecule has 1 heterocycles. The van der Waals surface area contributed by atoms with E-state index in [1.165, 1.54) is 0 Å². The van der Waals surface area contributed by atoms with E-state index in [1.54, 1.807) is 6.07 Å². The second-order valence-electron chi connectivity index (χ2n) is 4.58. The van der Waals surface area contributed by atoms with Gasteiger partial charge in [-0.05, 0) is 17.2 Å². The van der Waals surface area contributed by atoms with E-state index >= 15 is 0 Å². The van der Waals surface area contributed by atoms with Crippen LogP contribution in [0.25, 0.3) is 22.4 Å². The molecule has 0 bridgehead atoms. The first kappa shape index (κ1) is 13.1. The van der Waals surface area contributed by atoms with E-state index in [0.29, 0.717) is 11.4 Å². The Labute approximate surface area is 121 Å². The number of aromatic amines is 1. The minimum absolute atomic E-state index is 0.333. The third kappa shape index (κ3) is 2.68. The van der Waals surface area contributed by atoms with Gasteiger partial charge in [0.1, 0.15) is 5.69 Å². The summed E-state index contributed by atoms with van der Waals surface area (Å²) in [6.45, 7) is 0. The molecule has 0 aliphatic heterocycles. The van der Waals surface area contributed by atoms with Crippen molar-refractivity contribution < 1.29 is 4.79 Å². The first-order valence-electron chi connectivity index (χ1n) is 6.50. The number of hydrogen-bond donors (Lipinski definition) is 3. The molecule has 2 aromatic carbocycles. The van der Waals surface area contributed by atoms with Crippen molar-refractivity contribution in [2.24, 2.45) is 5.84 Å². The van der Waals surface area contributed by atoms with Crippen LogP contribution in [-0.4, -0.2) is 16.1 Å². The normalized spacial score (nSPS) is 10.3. The second kappa shape index (κ2) is 5.60. The number of amides is 1. The second-order valence-corrected chi connectivity index (χ2v) is 4.58. The fourth-order valence-corrected chi connectivity index (χ4v) is 2.13. The van der Waals surface area contributed by atoms with Gasteiger partial charge in [0, 0.05) is 5.56 Å². The lowest BCUT2D eigenvalue weighted by Gasteiger charge is -2.02. The van der Waals surface area contributed by atoms with Crippen LogP contribution in [0.15, 0.2) is 60.7 Å². The first-order valence-corrected chi connectivity index (χ1v) is 6.50. The number of aromatic nitrogens is 2. The van der Waals surface area contributed by atoms with Crippen LogP contribution >= 0.6 is 0 Å². The van der Waals surface area contributed by atoms with Crippen molar-refractivity contribution in [2.75, 3.05) is 0 Å². The Balaban J connectivity index is 1.87. The maximum atomic E-state index is 11.4. The molecule has 1 aromatic heterocycles. The zero-order valence-electron chi connectivity index (χ0n) is 11.2. The Kier molecular flexibility index (Phi) is 3.49. The summed E-state index contributed by atoms with van der Waals surface area (Å²) in [7, 11) is 0. The predicted octanol–water partition coefficient (Wildman–Crippen LogP) is 2.35. The van der Waals surface area contributed by atoms with Crippen molar-refractivity contribution in [1.82, 2.24) is 15.6 Å². The molecule has 3 aromatic rings. The summed E-state index contributed by atoms with van der Waals surface area (Å²) in [5, 5.41) is 6.78.